The Hall–Kier alpha value is -0.940. The predicted molar refractivity (Wildman–Crippen MR) is 50.9 cm³/mol. The zero-order valence-corrected chi connectivity index (χ0v) is 8.43. The third-order valence-corrected chi connectivity index (χ3v) is 2.20. The van der Waals surface area contributed by atoms with Gasteiger partial charge in [-0.2, -0.15) is 0 Å². The Labute approximate surface area is 80.9 Å². The molecular weight excluding hydrogens is 188 g/mol. The van der Waals surface area contributed by atoms with Gasteiger partial charge in [0, 0.05) is 19.0 Å². The summed E-state index contributed by atoms with van der Waals surface area (Å²) in [7, 11) is 1.61. The number of hydrogen-bond acceptors (Lipinski definition) is 4. The van der Waals surface area contributed by atoms with Crippen molar-refractivity contribution in [1.29, 1.82) is 0 Å². The predicted octanol–water partition coefficient (Wildman–Crippen LogP) is 0.908. The number of carbonyl (C=O) groups is 1. The maximum absolute atomic E-state index is 11.3. The number of aromatic nitrogens is 1. The summed E-state index contributed by atoms with van der Waals surface area (Å²) in [6, 6.07) is 0. The summed E-state index contributed by atoms with van der Waals surface area (Å²) >= 11 is 1.40. The van der Waals surface area contributed by atoms with Gasteiger partial charge in [-0.25, -0.2) is 4.98 Å². The summed E-state index contributed by atoms with van der Waals surface area (Å²) in [6.45, 7) is 2.40. The Morgan fingerprint density at radius 1 is 1.85 bits per heavy atom. The lowest BCUT2D eigenvalue weighted by Gasteiger charge is -2.09. The first-order valence-corrected chi connectivity index (χ1v) is 4.87. The molecule has 0 spiro atoms. The number of nitrogens with zero attached hydrogens (tertiary/aromatic N) is 1. The minimum Gasteiger partial charge on any atom is -0.380 e. The standard InChI is InChI=1S/C8H12N2O2S/c1-6(12-2)3-9-8(11)7-4-13-5-10-7/h4-6H,3H2,1-2H3,(H,9,11). The molecule has 1 amide bonds. The normalized spacial score (nSPS) is 12.5. The second kappa shape index (κ2) is 4.94. The lowest BCUT2D eigenvalue weighted by atomic mass is 10.4. The highest BCUT2D eigenvalue weighted by Gasteiger charge is 2.08. The van der Waals surface area contributed by atoms with E-state index in [4.69, 9.17) is 4.74 Å². The maximum Gasteiger partial charge on any atom is 0.270 e. The summed E-state index contributed by atoms with van der Waals surface area (Å²) < 4.78 is 4.99. The van der Waals surface area contributed by atoms with Gasteiger partial charge in [0.1, 0.15) is 5.69 Å². The van der Waals surface area contributed by atoms with Crippen LogP contribution in [0.2, 0.25) is 0 Å². The van der Waals surface area contributed by atoms with Crippen molar-refractivity contribution in [1.82, 2.24) is 10.3 Å². The quantitative estimate of drug-likeness (QED) is 0.786. The van der Waals surface area contributed by atoms with Crippen molar-refractivity contribution in [2.45, 2.75) is 13.0 Å². The second-order valence-electron chi connectivity index (χ2n) is 2.63. The maximum atomic E-state index is 11.3. The molecule has 0 aromatic carbocycles. The number of ether oxygens (including phenoxy) is 1. The molecular formula is C8H12N2O2S. The average molecular weight is 200 g/mol. The van der Waals surface area contributed by atoms with Crippen LogP contribution in [0.1, 0.15) is 17.4 Å². The third kappa shape index (κ3) is 3.12. The van der Waals surface area contributed by atoms with Gasteiger partial charge in [0.2, 0.25) is 0 Å². The highest BCUT2D eigenvalue weighted by molar-refractivity contribution is 7.07. The largest absolute Gasteiger partial charge is 0.380 e. The van der Waals surface area contributed by atoms with E-state index in [9.17, 15) is 4.79 Å². The van der Waals surface area contributed by atoms with Crippen LogP contribution in [0, 0.1) is 0 Å². The molecule has 1 heterocycles. The third-order valence-electron chi connectivity index (χ3n) is 1.62. The van der Waals surface area contributed by atoms with E-state index in [0.29, 0.717) is 12.2 Å². The molecule has 0 fully saturated rings. The molecule has 1 aromatic rings. The van der Waals surface area contributed by atoms with Crippen molar-refractivity contribution in [3.05, 3.63) is 16.6 Å². The molecule has 1 aromatic heterocycles. The van der Waals surface area contributed by atoms with E-state index in [1.54, 1.807) is 18.0 Å². The topological polar surface area (TPSA) is 51.2 Å². The van der Waals surface area contributed by atoms with Gasteiger partial charge < -0.3 is 10.1 Å². The van der Waals surface area contributed by atoms with Crippen molar-refractivity contribution in [2.24, 2.45) is 0 Å². The molecule has 0 aliphatic rings. The number of thiazole rings is 1. The molecule has 72 valence electrons. The Morgan fingerprint density at radius 2 is 2.62 bits per heavy atom. The van der Waals surface area contributed by atoms with Crippen LogP contribution in [0.15, 0.2) is 10.9 Å². The molecule has 1 atom stereocenters. The van der Waals surface area contributed by atoms with Gasteiger partial charge in [-0.15, -0.1) is 11.3 Å². The van der Waals surface area contributed by atoms with Crippen LogP contribution in [0.3, 0.4) is 0 Å². The first-order valence-electron chi connectivity index (χ1n) is 3.93. The van der Waals surface area contributed by atoms with Crippen molar-refractivity contribution in [3.63, 3.8) is 0 Å². The second-order valence-corrected chi connectivity index (χ2v) is 3.35. The van der Waals surface area contributed by atoms with E-state index in [1.807, 2.05) is 6.92 Å². The highest BCUT2D eigenvalue weighted by Crippen LogP contribution is 2.00. The molecule has 1 rings (SSSR count). The molecule has 0 radical (unpaired) electrons. The monoisotopic (exact) mass is 200 g/mol. The number of amides is 1. The smallest absolute Gasteiger partial charge is 0.270 e. The lowest BCUT2D eigenvalue weighted by molar-refractivity contribution is 0.0866. The zero-order chi connectivity index (χ0) is 9.68. The van der Waals surface area contributed by atoms with Crippen LogP contribution in [-0.4, -0.2) is 30.6 Å². The summed E-state index contributed by atoms with van der Waals surface area (Å²) in [5, 5.41) is 4.43. The number of methoxy groups -OCH3 is 1. The molecule has 1 unspecified atom stereocenters. The molecule has 0 aliphatic carbocycles. The van der Waals surface area contributed by atoms with Crippen LogP contribution in [0.4, 0.5) is 0 Å². The molecule has 4 nitrogen and oxygen atoms in total. The van der Waals surface area contributed by atoms with E-state index in [-0.39, 0.29) is 12.0 Å². The van der Waals surface area contributed by atoms with E-state index in [0.717, 1.165) is 0 Å². The summed E-state index contributed by atoms with van der Waals surface area (Å²) in [5.41, 5.74) is 2.10. The van der Waals surface area contributed by atoms with Gasteiger partial charge >= 0.3 is 0 Å². The fourth-order valence-corrected chi connectivity index (χ4v) is 1.27. The molecule has 1 N–H and O–H groups in total. The van der Waals surface area contributed by atoms with Gasteiger partial charge in [-0.1, -0.05) is 0 Å². The number of rotatable bonds is 4. The van der Waals surface area contributed by atoms with E-state index in [2.05, 4.69) is 10.3 Å². The molecule has 13 heavy (non-hydrogen) atoms. The molecule has 0 saturated carbocycles. The summed E-state index contributed by atoms with van der Waals surface area (Å²) in [5.74, 6) is -0.148. The SMILES string of the molecule is COC(C)CNC(=O)c1cscn1. The lowest BCUT2D eigenvalue weighted by Crippen LogP contribution is -2.31. The molecule has 0 bridgehead atoms. The Bertz CT molecular complexity index is 261. The van der Waals surface area contributed by atoms with Crippen LogP contribution >= 0.6 is 11.3 Å². The van der Waals surface area contributed by atoms with Crippen molar-refractivity contribution in [3.8, 4) is 0 Å². The number of nitrogens with one attached hydrogen (secondary N) is 1. The van der Waals surface area contributed by atoms with Crippen LogP contribution in [0.5, 0.6) is 0 Å². The Balaban J connectivity index is 2.35. The molecule has 0 aliphatic heterocycles. The summed E-state index contributed by atoms with van der Waals surface area (Å²) in [6.07, 6.45) is 0.0302. The van der Waals surface area contributed by atoms with Crippen molar-refractivity contribution >= 4 is 17.2 Å². The van der Waals surface area contributed by atoms with Crippen LogP contribution in [-0.2, 0) is 4.74 Å². The van der Waals surface area contributed by atoms with Crippen molar-refractivity contribution < 1.29 is 9.53 Å². The van der Waals surface area contributed by atoms with E-state index in [1.165, 1.54) is 11.3 Å². The Kier molecular flexibility index (Phi) is 3.85. The Morgan fingerprint density at radius 3 is 3.15 bits per heavy atom. The molecule has 0 saturated heterocycles. The fraction of sp³-hybridized carbons (Fsp3) is 0.500. The molecule has 5 heteroatoms. The van der Waals surface area contributed by atoms with E-state index < -0.39 is 0 Å². The van der Waals surface area contributed by atoms with Gasteiger partial charge in [0.05, 0.1) is 11.6 Å². The zero-order valence-electron chi connectivity index (χ0n) is 7.61. The van der Waals surface area contributed by atoms with E-state index >= 15 is 0 Å². The average Bonchev–Trinajstić information content (AvgIpc) is 2.66. The minimum atomic E-state index is -0.148. The van der Waals surface area contributed by atoms with Gasteiger partial charge in [-0.3, -0.25) is 4.79 Å². The van der Waals surface area contributed by atoms with Crippen LogP contribution in [0.25, 0.3) is 0 Å². The highest BCUT2D eigenvalue weighted by atomic mass is 32.1. The van der Waals surface area contributed by atoms with Crippen LogP contribution < -0.4 is 5.32 Å². The first kappa shape index (κ1) is 10.1. The fourth-order valence-electron chi connectivity index (χ4n) is 0.735. The van der Waals surface area contributed by atoms with Crippen molar-refractivity contribution in [2.75, 3.05) is 13.7 Å². The van der Waals surface area contributed by atoms with Gasteiger partial charge in [-0.05, 0) is 6.92 Å². The van der Waals surface area contributed by atoms with Gasteiger partial charge in [0.25, 0.3) is 5.91 Å². The number of carbonyl (C=O) groups excluding carboxylic acids is 1. The summed E-state index contributed by atoms with van der Waals surface area (Å²) in [4.78, 5) is 15.2. The minimum absolute atomic E-state index is 0.0302. The van der Waals surface area contributed by atoms with Gasteiger partial charge in [0.15, 0.2) is 0 Å². The number of hydrogen-bond donors (Lipinski definition) is 1. The first-order chi connectivity index (χ1) is 6.24.